The summed E-state index contributed by atoms with van der Waals surface area (Å²) in [5.74, 6) is 0.596. The summed E-state index contributed by atoms with van der Waals surface area (Å²) in [4.78, 5) is 21.1. The summed E-state index contributed by atoms with van der Waals surface area (Å²) in [6.07, 6.45) is 0.490. The largest absolute Gasteiger partial charge is 0.456 e. The van der Waals surface area contributed by atoms with Gasteiger partial charge in [0.25, 0.3) is 5.69 Å². The highest BCUT2D eigenvalue weighted by atomic mass is 16.6. The number of aliphatic hydroxyl groups is 1. The van der Waals surface area contributed by atoms with E-state index in [9.17, 15) is 20.0 Å². The summed E-state index contributed by atoms with van der Waals surface area (Å²) in [6, 6.07) is 10.5. The van der Waals surface area contributed by atoms with Gasteiger partial charge in [-0.1, -0.05) is 18.2 Å². The molecule has 0 bridgehead atoms. The number of nitrogens with zero attached hydrogens (tertiary/aromatic N) is 1. The zero-order chi connectivity index (χ0) is 14.5. The van der Waals surface area contributed by atoms with Crippen molar-refractivity contribution in [2.45, 2.75) is 6.61 Å². The molecular formula is C14H11NO5. The lowest BCUT2D eigenvalue weighted by molar-refractivity contribution is -0.384. The second-order valence-electron chi connectivity index (χ2n) is 3.96. The predicted octanol–water partition coefficient (Wildman–Crippen LogP) is 2.69. The third-order valence-electron chi connectivity index (χ3n) is 2.69. The number of aldehydes is 1. The van der Waals surface area contributed by atoms with Crippen LogP contribution < -0.4 is 4.74 Å². The van der Waals surface area contributed by atoms with Crippen molar-refractivity contribution in [2.75, 3.05) is 0 Å². The van der Waals surface area contributed by atoms with E-state index in [2.05, 4.69) is 0 Å². The highest BCUT2D eigenvalue weighted by molar-refractivity contribution is 5.81. The smallest absolute Gasteiger partial charge is 0.270 e. The summed E-state index contributed by atoms with van der Waals surface area (Å²) in [7, 11) is 0. The molecule has 0 heterocycles. The Bertz CT molecular complexity index is 654. The van der Waals surface area contributed by atoms with Gasteiger partial charge in [-0.2, -0.15) is 0 Å². The number of benzene rings is 2. The van der Waals surface area contributed by atoms with E-state index in [0.717, 1.165) is 6.07 Å². The molecule has 0 fully saturated rings. The molecule has 2 aromatic carbocycles. The molecule has 0 unspecified atom stereocenters. The normalized spacial score (nSPS) is 10.1. The molecule has 6 heteroatoms. The Labute approximate surface area is 114 Å². The zero-order valence-corrected chi connectivity index (χ0v) is 10.4. The Morgan fingerprint density at radius 3 is 2.60 bits per heavy atom. The fourth-order valence-corrected chi connectivity index (χ4v) is 1.69. The first-order valence-corrected chi connectivity index (χ1v) is 5.76. The van der Waals surface area contributed by atoms with Gasteiger partial charge in [-0.3, -0.25) is 14.9 Å². The molecule has 0 saturated heterocycles. The van der Waals surface area contributed by atoms with Crippen molar-refractivity contribution >= 4 is 12.0 Å². The second kappa shape index (κ2) is 5.94. The molecule has 0 aliphatic heterocycles. The number of ether oxygens (including phenoxy) is 1. The van der Waals surface area contributed by atoms with Crippen LogP contribution in [0.25, 0.3) is 0 Å². The predicted molar refractivity (Wildman–Crippen MR) is 70.9 cm³/mol. The van der Waals surface area contributed by atoms with E-state index < -0.39 is 4.92 Å². The first kappa shape index (κ1) is 13.7. The Hall–Kier alpha value is -2.73. The highest BCUT2D eigenvalue weighted by Crippen LogP contribution is 2.29. The lowest BCUT2D eigenvalue weighted by atomic mass is 10.2. The fourth-order valence-electron chi connectivity index (χ4n) is 1.69. The van der Waals surface area contributed by atoms with E-state index in [1.165, 1.54) is 12.1 Å². The number of hydrogen-bond acceptors (Lipinski definition) is 5. The summed E-state index contributed by atoms with van der Waals surface area (Å²) < 4.78 is 5.54. The molecule has 0 aromatic heterocycles. The van der Waals surface area contributed by atoms with Crippen LogP contribution in [0.15, 0.2) is 42.5 Å². The molecule has 0 aliphatic carbocycles. The molecular weight excluding hydrogens is 262 g/mol. The van der Waals surface area contributed by atoms with E-state index in [4.69, 9.17) is 4.74 Å². The maximum atomic E-state index is 11.0. The van der Waals surface area contributed by atoms with Gasteiger partial charge in [-0.05, 0) is 12.1 Å². The molecule has 20 heavy (non-hydrogen) atoms. The standard InChI is InChI=1S/C14H11NO5/c16-8-10-3-1-2-4-13(10)20-14-6-5-12(15(18)19)7-11(14)9-17/h1-7,9,16H,8H2. The number of hydrogen-bond donors (Lipinski definition) is 1. The summed E-state index contributed by atoms with van der Waals surface area (Å²) in [5.41, 5.74) is 0.449. The number of carbonyl (C=O) groups is 1. The van der Waals surface area contributed by atoms with Crippen LogP contribution in [0.5, 0.6) is 11.5 Å². The summed E-state index contributed by atoms with van der Waals surface area (Å²) in [5, 5.41) is 19.9. The number of carbonyl (C=O) groups excluding carboxylic acids is 1. The van der Waals surface area contributed by atoms with Gasteiger partial charge in [0.05, 0.1) is 17.1 Å². The number of non-ortho nitro benzene ring substituents is 1. The first-order chi connectivity index (χ1) is 9.65. The summed E-state index contributed by atoms with van der Waals surface area (Å²) >= 11 is 0. The number of nitro benzene ring substituents is 1. The monoisotopic (exact) mass is 273 g/mol. The molecule has 2 aromatic rings. The Morgan fingerprint density at radius 2 is 1.95 bits per heavy atom. The number of aliphatic hydroxyl groups excluding tert-OH is 1. The van der Waals surface area contributed by atoms with Gasteiger partial charge in [-0.15, -0.1) is 0 Å². The van der Waals surface area contributed by atoms with Crippen molar-refractivity contribution in [3.05, 3.63) is 63.7 Å². The van der Waals surface area contributed by atoms with E-state index in [1.54, 1.807) is 24.3 Å². The second-order valence-corrected chi connectivity index (χ2v) is 3.96. The van der Waals surface area contributed by atoms with E-state index in [-0.39, 0.29) is 23.6 Å². The van der Waals surface area contributed by atoms with Crippen molar-refractivity contribution < 1.29 is 19.6 Å². The minimum Gasteiger partial charge on any atom is -0.456 e. The van der Waals surface area contributed by atoms with Crippen LogP contribution in [0, 0.1) is 10.1 Å². The van der Waals surface area contributed by atoms with E-state index in [1.807, 2.05) is 0 Å². The summed E-state index contributed by atoms with van der Waals surface area (Å²) in [6.45, 7) is -0.209. The third kappa shape index (κ3) is 2.81. The van der Waals surface area contributed by atoms with Crippen molar-refractivity contribution in [3.8, 4) is 11.5 Å². The van der Waals surface area contributed by atoms with Crippen LogP contribution in [0.4, 0.5) is 5.69 Å². The SMILES string of the molecule is O=Cc1cc([N+](=O)[O-])ccc1Oc1ccccc1CO. The lowest BCUT2D eigenvalue weighted by Gasteiger charge is -2.10. The third-order valence-corrected chi connectivity index (χ3v) is 2.69. The maximum Gasteiger partial charge on any atom is 0.270 e. The van der Waals surface area contributed by atoms with Crippen LogP contribution in [0.1, 0.15) is 15.9 Å². The Balaban J connectivity index is 2.38. The molecule has 0 aliphatic rings. The van der Waals surface area contributed by atoms with Gasteiger partial charge in [0.15, 0.2) is 6.29 Å². The highest BCUT2D eigenvalue weighted by Gasteiger charge is 2.13. The Morgan fingerprint density at radius 1 is 1.20 bits per heavy atom. The molecule has 0 saturated carbocycles. The molecule has 1 N–H and O–H groups in total. The van der Waals surface area contributed by atoms with Gasteiger partial charge >= 0.3 is 0 Å². The molecule has 0 spiro atoms. The molecule has 0 atom stereocenters. The topological polar surface area (TPSA) is 89.7 Å². The maximum absolute atomic E-state index is 11.0. The van der Waals surface area contributed by atoms with Crippen LogP contribution in [0.3, 0.4) is 0 Å². The van der Waals surface area contributed by atoms with Gasteiger partial charge in [0, 0.05) is 17.7 Å². The van der Waals surface area contributed by atoms with Gasteiger partial charge in [0.1, 0.15) is 11.5 Å². The van der Waals surface area contributed by atoms with Crippen molar-refractivity contribution in [1.82, 2.24) is 0 Å². The molecule has 6 nitrogen and oxygen atoms in total. The Kier molecular flexibility index (Phi) is 4.07. The van der Waals surface area contributed by atoms with Crippen molar-refractivity contribution in [3.63, 3.8) is 0 Å². The minimum absolute atomic E-state index is 0.0759. The number of rotatable bonds is 5. The quantitative estimate of drug-likeness (QED) is 0.514. The van der Waals surface area contributed by atoms with Gasteiger partial charge in [0.2, 0.25) is 0 Å². The molecule has 0 radical (unpaired) electrons. The van der Waals surface area contributed by atoms with E-state index in [0.29, 0.717) is 17.6 Å². The number of nitro groups is 1. The fraction of sp³-hybridized carbons (Fsp3) is 0.0714. The van der Waals surface area contributed by atoms with Crippen LogP contribution in [0.2, 0.25) is 0 Å². The average Bonchev–Trinajstić information content (AvgIpc) is 2.48. The molecule has 102 valence electrons. The van der Waals surface area contributed by atoms with Gasteiger partial charge in [-0.25, -0.2) is 0 Å². The van der Waals surface area contributed by atoms with Crippen LogP contribution in [-0.2, 0) is 6.61 Å². The van der Waals surface area contributed by atoms with Gasteiger partial charge < -0.3 is 9.84 Å². The average molecular weight is 273 g/mol. The zero-order valence-electron chi connectivity index (χ0n) is 10.4. The first-order valence-electron chi connectivity index (χ1n) is 5.76. The van der Waals surface area contributed by atoms with Crippen molar-refractivity contribution in [2.24, 2.45) is 0 Å². The molecule has 0 amide bonds. The number of para-hydroxylation sites is 1. The van der Waals surface area contributed by atoms with E-state index >= 15 is 0 Å². The molecule has 2 rings (SSSR count). The van der Waals surface area contributed by atoms with Crippen LogP contribution >= 0.6 is 0 Å². The minimum atomic E-state index is -0.585. The van der Waals surface area contributed by atoms with Crippen LogP contribution in [-0.4, -0.2) is 16.3 Å². The lowest BCUT2D eigenvalue weighted by Crippen LogP contribution is -1.96. The van der Waals surface area contributed by atoms with Crippen molar-refractivity contribution in [1.29, 1.82) is 0 Å².